The summed E-state index contributed by atoms with van der Waals surface area (Å²) in [5.74, 6) is 0.362. The molecular weight excluding hydrogens is 364 g/mol. The number of carbonyl (C=O) groups is 1. The van der Waals surface area contributed by atoms with Crippen LogP contribution in [0.25, 0.3) is 5.65 Å². The third kappa shape index (κ3) is 4.82. The standard InChI is InChI=1S/C23H28N4O2/c1-2-29-23(28)21-14-25-27-17-20(13-24-22(21)27)16-26-12-6-9-19(15-26)11-10-18-7-4-3-5-8-18/h3-5,7-8,13-14,17,19H,2,6,9-12,15-16H2,1H3/t19-/m0/s1. The fraction of sp³-hybridized carbons (Fsp3) is 0.435. The number of hydrogen-bond acceptors (Lipinski definition) is 5. The molecule has 0 spiro atoms. The van der Waals surface area contributed by atoms with Crippen molar-refractivity contribution in [1.82, 2.24) is 19.5 Å². The summed E-state index contributed by atoms with van der Waals surface area (Å²) in [6, 6.07) is 10.8. The Morgan fingerprint density at radius 3 is 2.90 bits per heavy atom. The van der Waals surface area contributed by atoms with Crippen LogP contribution in [0.2, 0.25) is 0 Å². The van der Waals surface area contributed by atoms with Crippen molar-refractivity contribution in [3.8, 4) is 0 Å². The van der Waals surface area contributed by atoms with Gasteiger partial charge in [0, 0.05) is 31.0 Å². The van der Waals surface area contributed by atoms with Crippen LogP contribution in [0.3, 0.4) is 0 Å². The lowest BCUT2D eigenvalue weighted by atomic mass is 9.91. The molecule has 1 atom stereocenters. The number of piperidine rings is 1. The molecule has 0 bridgehead atoms. The fourth-order valence-corrected chi connectivity index (χ4v) is 4.15. The second-order valence-electron chi connectivity index (χ2n) is 7.78. The largest absolute Gasteiger partial charge is 0.462 e. The molecule has 0 N–H and O–H groups in total. The number of fused-ring (bicyclic) bond motifs is 1. The predicted molar refractivity (Wildman–Crippen MR) is 112 cm³/mol. The Balaban J connectivity index is 1.37. The average Bonchev–Trinajstić information content (AvgIpc) is 3.17. The molecular formula is C23H28N4O2. The lowest BCUT2D eigenvalue weighted by molar-refractivity contribution is 0.0528. The van der Waals surface area contributed by atoms with E-state index in [1.54, 1.807) is 11.4 Å². The molecule has 1 aromatic carbocycles. The molecule has 3 aromatic rings. The second kappa shape index (κ2) is 9.18. The van der Waals surface area contributed by atoms with Crippen LogP contribution in [-0.4, -0.2) is 45.2 Å². The summed E-state index contributed by atoms with van der Waals surface area (Å²) in [4.78, 5) is 19.0. The van der Waals surface area contributed by atoms with Gasteiger partial charge in [-0.15, -0.1) is 0 Å². The van der Waals surface area contributed by atoms with Gasteiger partial charge in [-0.25, -0.2) is 14.3 Å². The highest BCUT2D eigenvalue weighted by atomic mass is 16.5. The fourth-order valence-electron chi connectivity index (χ4n) is 4.15. The van der Waals surface area contributed by atoms with Gasteiger partial charge in [0.2, 0.25) is 0 Å². The van der Waals surface area contributed by atoms with Crippen LogP contribution in [0.4, 0.5) is 0 Å². The molecule has 1 fully saturated rings. The Morgan fingerprint density at radius 2 is 2.07 bits per heavy atom. The molecule has 3 heterocycles. The summed E-state index contributed by atoms with van der Waals surface area (Å²) in [6.45, 7) is 5.24. The summed E-state index contributed by atoms with van der Waals surface area (Å²) >= 11 is 0. The van der Waals surface area contributed by atoms with E-state index in [4.69, 9.17) is 4.74 Å². The molecule has 6 nitrogen and oxygen atoms in total. The molecule has 4 rings (SSSR count). The number of aryl methyl sites for hydroxylation is 1. The van der Waals surface area contributed by atoms with Crippen LogP contribution in [0.15, 0.2) is 48.9 Å². The van der Waals surface area contributed by atoms with Crippen LogP contribution in [0.5, 0.6) is 0 Å². The van der Waals surface area contributed by atoms with E-state index in [1.807, 2.05) is 12.4 Å². The molecule has 0 amide bonds. The van der Waals surface area contributed by atoms with Crippen LogP contribution < -0.4 is 0 Å². The molecule has 2 aromatic heterocycles. The van der Waals surface area contributed by atoms with E-state index < -0.39 is 0 Å². The van der Waals surface area contributed by atoms with Crippen LogP contribution in [0, 0.1) is 5.92 Å². The lowest BCUT2D eigenvalue weighted by Crippen LogP contribution is -2.35. The predicted octanol–water partition coefficient (Wildman–Crippen LogP) is 3.75. The van der Waals surface area contributed by atoms with Crippen molar-refractivity contribution < 1.29 is 9.53 Å². The van der Waals surface area contributed by atoms with Crippen molar-refractivity contribution in [2.75, 3.05) is 19.7 Å². The first-order valence-corrected chi connectivity index (χ1v) is 10.5. The molecule has 152 valence electrons. The first-order chi connectivity index (χ1) is 14.2. The van der Waals surface area contributed by atoms with Gasteiger partial charge in [0.1, 0.15) is 5.56 Å². The molecule has 1 saturated heterocycles. The monoisotopic (exact) mass is 392 g/mol. The summed E-state index contributed by atoms with van der Waals surface area (Å²) in [7, 11) is 0. The van der Waals surface area contributed by atoms with Crippen LogP contribution in [0.1, 0.15) is 47.7 Å². The quantitative estimate of drug-likeness (QED) is 0.573. The van der Waals surface area contributed by atoms with Gasteiger partial charge in [0.25, 0.3) is 0 Å². The maximum atomic E-state index is 12.0. The smallest absolute Gasteiger partial charge is 0.343 e. The molecule has 1 aliphatic rings. The zero-order valence-corrected chi connectivity index (χ0v) is 17.0. The Labute approximate surface area is 171 Å². The Kier molecular flexibility index (Phi) is 6.20. The van der Waals surface area contributed by atoms with E-state index in [-0.39, 0.29) is 5.97 Å². The lowest BCUT2D eigenvalue weighted by Gasteiger charge is -2.32. The highest BCUT2D eigenvalue weighted by molar-refractivity contribution is 5.95. The number of aromatic nitrogens is 3. The average molecular weight is 393 g/mol. The van der Waals surface area contributed by atoms with Crippen molar-refractivity contribution in [3.63, 3.8) is 0 Å². The van der Waals surface area contributed by atoms with E-state index >= 15 is 0 Å². The molecule has 29 heavy (non-hydrogen) atoms. The molecule has 0 radical (unpaired) electrons. The van der Waals surface area contributed by atoms with E-state index in [0.717, 1.165) is 37.5 Å². The number of rotatable bonds is 7. The summed E-state index contributed by atoms with van der Waals surface area (Å²) in [5, 5.41) is 4.29. The van der Waals surface area contributed by atoms with Gasteiger partial charge < -0.3 is 4.74 Å². The van der Waals surface area contributed by atoms with Gasteiger partial charge in [-0.05, 0) is 50.6 Å². The minimum absolute atomic E-state index is 0.342. The number of carbonyl (C=O) groups excluding carboxylic acids is 1. The van der Waals surface area contributed by atoms with E-state index in [9.17, 15) is 4.79 Å². The molecule has 0 aliphatic carbocycles. The summed E-state index contributed by atoms with van der Waals surface area (Å²) in [5.41, 5.74) is 3.50. The summed E-state index contributed by atoms with van der Waals surface area (Å²) in [6.07, 6.45) is 10.3. The highest BCUT2D eigenvalue weighted by Gasteiger charge is 2.21. The van der Waals surface area contributed by atoms with Crippen LogP contribution in [-0.2, 0) is 17.7 Å². The molecule has 0 saturated carbocycles. The zero-order chi connectivity index (χ0) is 20.1. The van der Waals surface area contributed by atoms with E-state index in [1.165, 1.54) is 31.0 Å². The van der Waals surface area contributed by atoms with Gasteiger partial charge in [-0.1, -0.05) is 30.3 Å². The third-order valence-electron chi connectivity index (χ3n) is 5.60. The van der Waals surface area contributed by atoms with Gasteiger partial charge >= 0.3 is 5.97 Å². The summed E-state index contributed by atoms with van der Waals surface area (Å²) < 4.78 is 6.75. The van der Waals surface area contributed by atoms with Crippen molar-refractivity contribution in [2.24, 2.45) is 5.92 Å². The van der Waals surface area contributed by atoms with Gasteiger partial charge in [-0.3, -0.25) is 4.90 Å². The van der Waals surface area contributed by atoms with Gasteiger partial charge in [0.05, 0.1) is 12.8 Å². The molecule has 0 unspecified atom stereocenters. The third-order valence-corrected chi connectivity index (χ3v) is 5.60. The van der Waals surface area contributed by atoms with Crippen molar-refractivity contribution in [3.05, 3.63) is 65.6 Å². The normalized spacial score (nSPS) is 17.5. The Bertz CT molecular complexity index is 954. The second-order valence-corrected chi connectivity index (χ2v) is 7.78. The maximum absolute atomic E-state index is 12.0. The van der Waals surface area contributed by atoms with Crippen molar-refractivity contribution >= 4 is 11.6 Å². The number of likely N-dealkylation sites (tertiary alicyclic amines) is 1. The first kappa shape index (κ1) is 19.6. The SMILES string of the molecule is CCOC(=O)c1cnn2cc(CN3CCC[C@@H](CCc4ccccc4)C3)cnc12. The van der Waals surface area contributed by atoms with Gasteiger partial charge in [0.15, 0.2) is 5.65 Å². The number of ether oxygens (including phenoxy) is 1. The first-order valence-electron chi connectivity index (χ1n) is 10.5. The van der Waals surface area contributed by atoms with E-state index in [0.29, 0.717) is 17.8 Å². The number of esters is 1. The number of nitrogens with zero attached hydrogens (tertiary/aromatic N) is 4. The highest BCUT2D eigenvalue weighted by Crippen LogP contribution is 2.23. The van der Waals surface area contributed by atoms with Crippen LogP contribution >= 0.6 is 0 Å². The van der Waals surface area contributed by atoms with Crippen molar-refractivity contribution in [1.29, 1.82) is 0 Å². The van der Waals surface area contributed by atoms with Gasteiger partial charge in [-0.2, -0.15) is 5.10 Å². The van der Waals surface area contributed by atoms with E-state index in [2.05, 4.69) is 45.3 Å². The number of benzene rings is 1. The Morgan fingerprint density at radius 1 is 1.21 bits per heavy atom. The molecule has 1 aliphatic heterocycles. The minimum atomic E-state index is -0.375. The zero-order valence-electron chi connectivity index (χ0n) is 17.0. The van der Waals surface area contributed by atoms with Crippen molar-refractivity contribution in [2.45, 2.75) is 39.2 Å². The maximum Gasteiger partial charge on any atom is 0.343 e. The topological polar surface area (TPSA) is 59.7 Å². The Hall–Kier alpha value is -2.73. The number of hydrogen-bond donors (Lipinski definition) is 0. The minimum Gasteiger partial charge on any atom is -0.462 e. The molecule has 6 heteroatoms.